The molecule has 0 spiro atoms. The summed E-state index contributed by atoms with van der Waals surface area (Å²) in [6.07, 6.45) is 0. The SMILES string of the molecule is COc1cc(C2NC(=S)N(N)C(C)=C2C(C)=O)ccc1OCc1ccccc1. The second-order valence-electron chi connectivity index (χ2n) is 6.49. The largest absolute Gasteiger partial charge is 0.493 e. The van der Waals surface area contributed by atoms with Gasteiger partial charge in [0.1, 0.15) is 6.61 Å². The molecule has 1 atom stereocenters. The Hall–Kier alpha value is -2.90. The zero-order chi connectivity index (χ0) is 20.3. The standard InChI is InChI=1S/C21H23N3O3S/c1-13-19(14(2)25)20(23-21(28)24(13)22)16-9-10-17(18(11-16)26-3)27-12-15-7-5-4-6-8-15/h4-11,20H,12,22H2,1-3H3,(H,23,28). The topological polar surface area (TPSA) is 76.8 Å². The van der Waals surface area contributed by atoms with Crippen LogP contribution in [0, 0.1) is 0 Å². The Kier molecular flexibility index (Phi) is 5.96. The average molecular weight is 398 g/mol. The predicted octanol–water partition coefficient (Wildman–Crippen LogP) is 3.24. The van der Waals surface area contributed by atoms with E-state index in [2.05, 4.69) is 5.32 Å². The fourth-order valence-electron chi connectivity index (χ4n) is 3.18. The number of methoxy groups -OCH3 is 1. The summed E-state index contributed by atoms with van der Waals surface area (Å²) in [6, 6.07) is 15.1. The maximum absolute atomic E-state index is 12.2. The van der Waals surface area contributed by atoms with Crippen LogP contribution in [0.5, 0.6) is 11.5 Å². The maximum Gasteiger partial charge on any atom is 0.188 e. The summed E-state index contributed by atoms with van der Waals surface area (Å²) >= 11 is 5.29. The Morgan fingerprint density at radius 2 is 1.93 bits per heavy atom. The van der Waals surface area contributed by atoms with Crippen LogP contribution in [0.2, 0.25) is 0 Å². The zero-order valence-corrected chi connectivity index (χ0v) is 16.9. The van der Waals surface area contributed by atoms with Crippen LogP contribution in [0.25, 0.3) is 0 Å². The smallest absolute Gasteiger partial charge is 0.188 e. The highest BCUT2D eigenvalue weighted by atomic mass is 32.1. The molecule has 6 nitrogen and oxygen atoms in total. The molecule has 0 aromatic heterocycles. The summed E-state index contributed by atoms with van der Waals surface area (Å²) in [5, 5.41) is 4.80. The van der Waals surface area contributed by atoms with E-state index in [0.29, 0.717) is 34.5 Å². The van der Waals surface area contributed by atoms with Crippen molar-refractivity contribution in [2.45, 2.75) is 26.5 Å². The summed E-state index contributed by atoms with van der Waals surface area (Å²) in [6.45, 7) is 3.73. The van der Waals surface area contributed by atoms with Crippen LogP contribution in [0.15, 0.2) is 59.8 Å². The summed E-state index contributed by atoms with van der Waals surface area (Å²) in [7, 11) is 1.59. The highest BCUT2D eigenvalue weighted by Crippen LogP contribution is 2.35. The van der Waals surface area contributed by atoms with E-state index in [1.165, 1.54) is 11.9 Å². The van der Waals surface area contributed by atoms with Crippen LogP contribution in [0.4, 0.5) is 0 Å². The molecule has 28 heavy (non-hydrogen) atoms. The van der Waals surface area contributed by atoms with Gasteiger partial charge in [0.2, 0.25) is 0 Å². The number of carbonyl (C=O) groups excluding carboxylic acids is 1. The van der Waals surface area contributed by atoms with Crippen LogP contribution in [-0.4, -0.2) is 23.0 Å². The van der Waals surface area contributed by atoms with Crippen molar-refractivity contribution in [3.05, 3.63) is 70.9 Å². The lowest BCUT2D eigenvalue weighted by Gasteiger charge is -2.35. The second kappa shape index (κ2) is 8.41. The van der Waals surface area contributed by atoms with Crippen molar-refractivity contribution in [2.75, 3.05) is 7.11 Å². The van der Waals surface area contributed by atoms with Gasteiger partial charge in [-0.15, -0.1) is 0 Å². The van der Waals surface area contributed by atoms with Gasteiger partial charge >= 0.3 is 0 Å². The summed E-state index contributed by atoms with van der Waals surface area (Å²) in [5.74, 6) is 7.07. The van der Waals surface area contributed by atoms with Crippen LogP contribution in [0.3, 0.4) is 0 Å². The first-order valence-corrected chi connectivity index (χ1v) is 9.25. The number of Topliss-reactive ketones (excluding diaryl/α,β-unsaturated/α-hetero) is 1. The van der Waals surface area contributed by atoms with E-state index in [1.807, 2.05) is 48.5 Å². The molecule has 0 saturated heterocycles. The molecule has 1 heterocycles. The van der Waals surface area contributed by atoms with Crippen molar-refractivity contribution < 1.29 is 14.3 Å². The molecule has 0 radical (unpaired) electrons. The molecule has 1 aliphatic rings. The minimum Gasteiger partial charge on any atom is -0.493 e. The van der Waals surface area contributed by atoms with Gasteiger partial charge in [0.05, 0.1) is 13.2 Å². The van der Waals surface area contributed by atoms with Crippen molar-refractivity contribution in [3.8, 4) is 11.5 Å². The third kappa shape index (κ3) is 4.00. The maximum atomic E-state index is 12.2. The molecule has 2 aromatic rings. The van der Waals surface area contributed by atoms with Gasteiger partial charge in [-0.2, -0.15) is 0 Å². The number of ether oxygens (including phenoxy) is 2. The predicted molar refractivity (Wildman–Crippen MR) is 112 cm³/mol. The Labute approximate surface area is 169 Å². The molecule has 1 aliphatic heterocycles. The number of hydrogen-bond donors (Lipinski definition) is 2. The molecular formula is C21H23N3O3S. The van der Waals surface area contributed by atoms with E-state index in [0.717, 1.165) is 11.1 Å². The molecule has 0 amide bonds. The molecule has 0 saturated carbocycles. The van der Waals surface area contributed by atoms with E-state index in [1.54, 1.807) is 14.0 Å². The number of hydrazine groups is 1. The number of thiocarbonyl (C=S) groups is 1. The van der Waals surface area contributed by atoms with E-state index < -0.39 is 6.04 Å². The molecule has 1 unspecified atom stereocenters. The summed E-state index contributed by atoms with van der Waals surface area (Å²) < 4.78 is 11.4. The molecule has 3 rings (SSSR count). The molecule has 0 aliphatic carbocycles. The lowest BCUT2D eigenvalue weighted by molar-refractivity contribution is -0.114. The Balaban J connectivity index is 1.90. The Bertz CT molecular complexity index is 928. The second-order valence-corrected chi connectivity index (χ2v) is 6.88. The first-order chi connectivity index (χ1) is 13.4. The van der Waals surface area contributed by atoms with Gasteiger partial charge in [-0.3, -0.25) is 9.80 Å². The minimum absolute atomic E-state index is 0.0729. The van der Waals surface area contributed by atoms with E-state index in [4.69, 9.17) is 27.5 Å². The van der Waals surface area contributed by atoms with Gasteiger partial charge in [-0.05, 0) is 49.3 Å². The molecule has 0 bridgehead atoms. The number of nitrogens with two attached hydrogens (primary N) is 1. The number of ketones is 1. The number of allylic oxidation sites excluding steroid dienone is 1. The number of rotatable bonds is 6. The fourth-order valence-corrected chi connectivity index (χ4v) is 3.44. The average Bonchev–Trinajstić information content (AvgIpc) is 2.70. The molecule has 146 valence electrons. The van der Waals surface area contributed by atoms with E-state index >= 15 is 0 Å². The molecule has 7 heteroatoms. The van der Waals surface area contributed by atoms with Crippen LogP contribution < -0.4 is 20.6 Å². The molecule has 0 fully saturated rings. The highest BCUT2D eigenvalue weighted by Gasteiger charge is 2.31. The Morgan fingerprint density at radius 1 is 1.21 bits per heavy atom. The van der Waals surface area contributed by atoms with Crippen molar-refractivity contribution in [3.63, 3.8) is 0 Å². The summed E-state index contributed by atoms with van der Waals surface area (Å²) in [5.41, 5.74) is 3.10. The van der Waals surface area contributed by atoms with Crippen molar-refractivity contribution in [2.24, 2.45) is 5.84 Å². The third-order valence-corrected chi connectivity index (χ3v) is 4.98. The van der Waals surface area contributed by atoms with Gasteiger partial charge in [0.25, 0.3) is 0 Å². The first kappa shape index (κ1) is 19.9. The normalized spacial score (nSPS) is 16.6. The minimum atomic E-state index is -0.401. The van der Waals surface area contributed by atoms with E-state index in [9.17, 15) is 4.79 Å². The van der Waals surface area contributed by atoms with E-state index in [-0.39, 0.29) is 5.78 Å². The monoisotopic (exact) mass is 397 g/mol. The van der Waals surface area contributed by atoms with Gasteiger partial charge in [0, 0.05) is 11.3 Å². The third-order valence-electron chi connectivity index (χ3n) is 4.66. The molecular weight excluding hydrogens is 374 g/mol. The zero-order valence-electron chi connectivity index (χ0n) is 16.1. The van der Waals surface area contributed by atoms with Gasteiger partial charge < -0.3 is 14.8 Å². The lowest BCUT2D eigenvalue weighted by Crippen LogP contribution is -2.50. The number of nitrogens with zero attached hydrogens (tertiary/aromatic N) is 1. The highest BCUT2D eigenvalue weighted by molar-refractivity contribution is 7.80. The van der Waals surface area contributed by atoms with Gasteiger partial charge in [-0.1, -0.05) is 36.4 Å². The first-order valence-electron chi connectivity index (χ1n) is 8.84. The number of benzene rings is 2. The van der Waals surface area contributed by atoms with Crippen molar-refractivity contribution in [1.29, 1.82) is 0 Å². The van der Waals surface area contributed by atoms with Crippen LogP contribution >= 0.6 is 12.2 Å². The van der Waals surface area contributed by atoms with Crippen LogP contribution in [0.1, 0.15) is 31.0 Å². The van der Waals surface area contributed by atoms with Gasteiger partial charge in [-0.25, -0.2) is 5.84 Å². The van der Waals surface area contributed by atoms with Gasteiger partial charge in [0.15, 0.2) is 22.4 Å². The fraction of sp³-hybridized carbons (Fsp3) is 0.238. The Morgan fingerprint density at radius 3 is 2.57 bits per heavy atom. The lowest BCUT2D eigenvalue weighted by atomic mass is 9.92. The number of hydrogen-bond acceptors (Lipinski definition) is 5. The number of nitrogens with one attached hydrogen (secondary N) is 1. The quantitative estimate of drug-likeness (QED) is 0.572. The molecule has 3 N–H and O–H groups in total. The van der Waals surface area contributed by atoms with Crippen molar-refractivity contribution in [1.82, 2.24) is 10.3 Å². The molecule has 2 aromatic carbocycles. The summed E-state index contributed by atoms with van der Waals surface area (Å²) in [4.78, 5) is 12.2. The number of carbonyl (C=O) groups is 1. The van der Waals surface area contributed by atoms with Crippen LogP contribution in [-0.2, 0) is 11.4 Å². The van der Waals surface area contributed by atoms with Crippen molar-refractivity contribution >= 4 is 23.1 Å².